The second-order valence-corrected chi connectivity index (χ2v) is 6.80. The lowest BCUT2D eigenvalue weighted by Gasteiger charge is -2.35. The van der Waals surface area contributed by atoms with E-state index in [0.717, 1.165) is 18.8 Å². The lowest BCUT2D eigenvalue weighted by molar-refractivity contribution is -0.121. The summed E-state index contributed by atoms with van der Waals surface area (Å²) in [6.45, 7) is 5.39. The van der Waals surface area contributed by atoms with E-state index in [9.17, 15) is 9.59 Å². The highest BCUT2D eigenvalue weighted by atomic mass is 127. The molecule has 0 radical (unpaired) electrons. The van der Waals surface area contributed by atoms with Gasteiger partial charge in [-0.25, -0.2) is 4.79 Å². The number of nitrogens with one attached hydrogen (secondary N) is 2. The van der Waals surface area contributed by atoms with Crippen molar-refractivity contribution in [3.63, 3.8) is 0 Å². The standard InChI is InChI=1S/C18H33N5O3.HI/c1-3-26-18(25)23-13-11-22(12-14-23)17(19-2)20-10-9-16(24)21-15-7-5-4-6-8-15;/h15H,3-14H2,1-2H3,(H,19,20)(H,21,24);1H. The van der Waals surface area contributed by atoms with Gasteiger partial charge >= 0.3 is 6.09 Å². The summed E-state index contributed by atoms with van der Waals surface area (Å²) in [6, 6.07) is 0.353. The van der Waals surface area contributed by atoms with Gasteiger partial charge in [0.15, 0.2) is 5.96 Å². The number of nitrogens with zero attached hydrogens (tertiary/aromatic N) is 3. The third kappa shape index (κ3) is 8.10. The monoisotopic (exact) mass is 495 g/mol. The minimum Gasteiger partial charge on any atom is -0.450 e. The second-order valence-electron chi connectivity index (χ2n) is 6.80. The zero-order valence-electron chi connectivity index (χ0n) is 16.5. The number of rotatable bonds is 5. The zero-order valence-corrected chi connectivity index (χ0v) is 18.9. The average Bonchev–Trinajstić information content (AvgIpc) is 2.66. The third-order valence-corrected chi connectivity index (χ3v) is 4.92. The molecule has 0 aromatic carbocycles. The quantitative estimate of drug-likeness (QED) is 0.345. The van der Waals surface area contributed by atoms with Crippen LogP contribution in [0.4, 0.5) is 4.79 Å². The van der Waals surface area contributed by atoms with Gasteiger partial charge in [-0.2, -0.15) is 0 Å². The summed E-state index contributed by atoms with van der Waals surface area (Å²) >= 11 is 0. The van der Waals surface area contributed by atoms with Crippen LogP contribution in [0.1, 0.15) is 45.4 Å². The van der Waals surface area contributed by atoms with Gasteiger partial charge in [0.1, 0.15) is 0 Å². The number of aliphatic imine (C=N–C) groups is 1. The Bertz CT molecular complexity index is 489. The van der Waals surface area contributed by atoms with Crippen LogP contribution in [0.3, 0.4) is 0 Å². The van der Waals surface area contributed by atoms with Crippen molar-refractivity contribution in [1.82, 2.24) is 20.4 Å². The van der Waals surface area contributed by atoms with E-state index in [1.807, 2.05) is 6.92 Å². The van der Waals surface area contributed by atoms with Gasteiger partial charge in [-0.3, -0.25) is 9.79 Å². The second kappa shape index (κ2) is 13.0. The van der Waals surface area contributed by atoms with Crippen LogP contribution in [0.15, 0.2) is 4.99 Å². The zero-order chi connectivity index (χ0) is 18.8. The molecule has 8 nitrogen and oxygen atoms in total. The first-order valence-electron chi connectivity index (χ1n) is 9.80. The number of carbonyl (C=O) groups excluding carboxylic acids is 2. The Morgan fingerprint density at radius 2 is 1.70 bits per heavy atom. The lowest BCUT2D eigenvalue weighted by atomic mass is 9.95. The maximum atomic E-state index is 12.1. The molecule has 2 aliphatic rings. The van der Waals surface area contributed by atoms with Crippen LogP contribution in [-0.2, 0) is 9.53 Å². The maximum Gasteiger partial charge on any atom is 0.409 e. The molecule has 2 amide bonds. The van der Waals surface area contributed by atoms with Crippen molar-refractivity contribution >= 4 is 41.9 Å². The van der Waals surface area contributed by atoms with E-state index < -0.39 is 0 Å². The van der Waals surface area contributed by atoms with Crippen molar-refractivity contribution in [3.8, 4) is 0 Å². The summed E-state index contributed by atoms with van der Waals surface area (Å²) in [4.78, 5) is 31.9. The van der Waals surface area contributed by atoms with Crippen LogP contribution in [-0.4, -0.2) is 80.2 Å². The van der Waals surface area contributed by atoms with E-state index in [1.165, 1.54) is 19.3 Å². The molecule has 2 rings (SSSR count). The van der Waals surface area contributed by atoms with Gasteiger partial charge in [0.05, 0.1) is 6.61 Å². The summed E-state index contributed by atoms with van der Waals surface area (Å²) in [5.74, 6) is 0.881. The van der Waals surface area contributed by atoms with E-state index in [2.05, 4.69) is 20.5 Å². The minimum atomic E-state index is -0.255. The number of ether oxygens (including phenoxy) is 1. The summed E-state index contributed by atoms with van der Waals surface area (Å²) in [5.41, 5.74) is 0. The Morgan fingerprint density at radius 3 is 2.30 bits per heavy atom. The molecular weight excluding hydrogens is 461 g/mol. The highest BCUT2D eigenvalue weighted by molar-refractivity contribution is 14.0. The molecule has 1 saturated carbocycles. The fourth-order valence-electron chi connectivity index (χ4n) is 3.48. The van der Waals surface area contributed by atoms with Crippen LogP contribution < -0.4 is 10.6 Å². The summed E-state index contributed by atoms with van der Waals surface area (Å²) in [7, 11) is 1.74. The minimum absolute atomic E-state index is 0. The first kappa shape index (κ1) is 23.8. The molecule has 27 heavy (non-hydrogen) atoms. The van der Waals surface area contributed by atoms with Crippen LogP contribution in [0.25, 0.3) is 0 Å². The number of halogens is 1. The molecule has 0 spiro atoms. The number of guanidine groups is 1. The van der Waals surface area contributed by atoms with Crippen molar-refractivity contribution < 1.29 is 14.3 Å². The Labute approximate surface area is 179 Å². The fourth-order valence-corrected chi connectivity index (χ4v) is 3.48. The Kier molecular flexibility index (Phi) is 11.5. The molecule has 2 N–H and O–H groups in total. The van der Waals surface area contributed by atoms with Gasteiger partial charge in [0.25, 0.3) is 0 Å². The van der Waals surface area contributed by atoms with Crippen molar-refractivity contribution in [1.29, 1.82) is 0 Å². The molecule has 9 heteroatoms. The van der Waals surface area contributed by atoms with Crippen LogP contribution in [0, 0.1) is 0 Å². The van der Waals surface area contributed by atoms with Gasteiger partial charge < -0.3 is 25.2 Å². The molecule has 1 aliphatic heterocycles. The van der Waals surface area contributed by atoms with Crippen LogP contribution >= 0.6 is 24.0 Å². The van der Waals surface area contributed by atoms with Crippen LogP contribution in [0.2, 0.25) is 0 Å². The number of amides is 2. The molecular formula is C18H34IN5O3. The van der Waals surface area contributed by atoms with E-state index in [-0.39, 0.29) is 36.0 Å². The maximum absolute atomic E-state index is 12.1. The molecule has 1 aliphatic carbocycles. The molecule has 2 fully saturated rings. The predicted octanol–water partition coefficient (Wildman–Crippen LogP) is 1.79. The number of hydrogen-bond acceptors (Lipinski definition) is 4. The van der Waals surface area contributed by atoms with Crippen LogP contribution in [0.5, 0.6) is 0 Å². The van der Waals surface area contributed by atoms with E-state index >= 15 is 0 Å². The van der Waals surface area contributed by atoms with Crippen molar-refractivity contribution in [2.75, 3.05) is 46.4 Å². The molecule has 0 bridgehead atoms. The summed E-state index contributed by atoms with van der Waals surface area (Å²) in [5, 5.41) is 6.39. The molecule has 156 valence electrons. The number of carbonyl (C=O) groups is 2. The van der Waals surface area contributed by atoms with E-state index in [1.54, 1.807) is 11.9 Å². The Morgan fingerprint density at radius 1 is 1.07 bits per heavy atom. The summed E-state index contributed by atoms with van der Waals surface area (Å²) in [6.07, 6.45) is 6.11. The van der Waals surface area contributed by atoms with Crippen molar-refractivity contribution in [3.05, 3.63) is 0 Å². The lowest BCUT2D eigenvalue weighted by Crippen LogP contribution is -2.54. The van der Waals surface area contributed by atoms with Gasteiger partial charge in [-0.05, 0) is 19.8 Å². The van der Waals surface area contributed by atoms with Gasteiger partial charge in [0.2, 0.25) is 5.91 Å². The molecule has 1 saturated heterocycles. The van der Waals surface area contributed by atoms with Gasteiger partial charge in [0, 0.05) is 52.2 Å². The highest BCUT2D eigenvalue weighted by Gasteiger charge is 2.23. The molecule has 0 aromatic heterocycles. The van der Waals surface area contributed by atoms with E-state index in [4.69, 9.17) is 4.74 Å². The van der Waals surface area contributed by atoms with Crippen molar-refractivity contribution in [2.45, 2.75) is 51.5 Å². The topological polar surface area (TPSA) is 86.3 Å². The normalized spacial score (nSPS) is 18.5. The Hall–Kier alpha value is -1.26. The third-order valence-electron chi connectivity index (χ3n) is 4.92. The number of piperazine rings is 1. The van der Waals surface area contributed by atoms with E-state index in [0.29, 0.717) is 51.8 Å². The molecule has 0 atom stereocenters. The smallest absolute Gasteiger partial charge is 0.409 e. The molecule has 1 heterocycles. The first-order valence-corrected chi connectivity index (χ1v) is 9.80. The largest absolute Gasteiger partial charge is 0.450 e. The van der Waals surface area contributed by atoms with Gasteiger partial charge in [-0.15, -0.1) is 24.0 Å². The SMILES string of the molecule is CCOC(=O)N1CCN(C(=NC)NCCC(=O)NC2CCCCC2)CC1.I. The number of hydrogen-bond donors (Lipinski definition) is 2. The first-order chi connectivity index (χ1) is 12.6. The molecule has 0 unspecified atom stereocenters. The highest BCUT2D eigenvalue weighted by Crippen LogP contribution is 2.17. The fraction of sp³-hybridized carbons (Fsp3) is 0.833. The predicted molar refractivity (Wildman–Crippen MR) is 117 cm³/mol. The Balaban J connectivity index is 0.00000364. The van der Waals surface area contributed by atoms with Crippen molar-refractivity contribution in [2.24, 2.45) is 4.99 Å². The van der Waals surface area contributed by atoms with Gasteiger partial charge in [-0.1, -0.05) is 19.3 Å². The average molecular weight is 495 g/mol. The molecule has 0 aromatic rings. The summed E-state index contributed by atoms with van der Waals surface area (Å²) < 4.78 is 5.04.